The molecule has 2 nitrogen and oxygen atoms in total. The van der Waals surface area contributed by atoms with Crippen LogP contribution in [0.1, 0.15) is 25.0 Å². The van der Waals surface area contributed by atoms with Crippen LogP contribution in [0.5, 0.6) is 0 Å². The van der Waals surface area contributed by atoms with Gasteiger partial charge >= 0.3 is 12.4 Å². The Morgan fingerprint density at radius 1 is 0.871 bits per heavy atom. The third-order valence-corrected chi connectivity index (χ3v) is 4.48. The van der Waals surface area contributed by atoms with Crippen LogP contribution in [-0.4, -0.2) is 29.7 Å². The molecule has 0 radical (unpaired) electrons. The van der Waals surface area contributed by atoms with Crippen LogP contribution < -0.4 is 0 Å². The van der Waals surface area contributed by atoms with Crippen molar-refractivity contribution in [2.75, 3.05) is 0 Å². The molecule has 0 saturated heterocycles. The number of alkyl halides is 7. The first-order valence-electron chi connectivity index (χ1n) is 8.64. The Morgan fingerprint density at radius 3 is 1.61 bits per heavy atom. The van der Waals surface area contributed by atoms with Gasteiger partial charge in [0.25, 0.3) is 0 Å². The Morgan fingerprint density at radius 2 is 1.29 bits per heavy atom. The van der Waals surface area contributed by atoms with Crippen LogP contribution in [0.2, 0.25) is 10.0 Å². The third-order valence-electron chi connectivity index (χ3n) is 3.37. The summed E-state index contributed by atoms with van der Waals surface area (Å²) in [4.78, 5) is 0. The van der Waals surface area contributed by atoms with Gasteiger partial charge in [-0.25, -0.2) is 0 Å². The van der Waals surface area contributed by atoms with Gasteiger partial charge in [0.2, 0.25) is 0 Å². The summed E-state index contributed by atoms with van der Waals surface area (Å²) >= 11 is 14.7. The highest BCUT2D eigenvalue weighted by atomic mass is 79.9. The zero-order valence-electron chi connectivity index (χ0n) is 16.4. The number of benzene rings is 2. The van der Waals surface area contributed by atoms with E-state index in [0.717, 1.165) is 17.3 Å². The van der Waals surface area contributed by atoms with Crippen LogP contribution in [0.15, 0.2) is 48.5 Å². The molecule has 0 saturated carbocycles. The van der Waals surface area contributed by atoms with Crippen molar-refractivity contribution in [2.45, 2.75) is 50.3 Å². The van der Waals surface area contributed by atoms with Crippen molar-refractivity contribution in [3.8, 4) is 0 Å². The van der Waals surface area contributed by atoms with Gasteiger partial charge in [-0.3, -0.25) is 0 Å². The number of hydrogen-bond acceptors (Lipinski definition) is 2. The molecule has 176 valence electrons. The quantitative estimate of drug-likeness (QED) is 0.305. The van der Waals surface area contributed by atoms with E-state index >= 15 is 0 Å². The lowest BCUT2D eigenvalue weighted by molar-refractivity contribution is -0.217. The van der Waals surface area contributed by atoms with E-state index in [-0.39, 0.29) is 6.61 Å². The topological polar surface area (TPSA) is 29.5 Å². The SMILES string of the molecule is C[C@@H](O)C(F)(F)F.C[C@@H](OCc1cccc(Cl)c1)C(F)(F)F.Clc1cccc(CBr)c1. The molecule has 0 amide bonds. The minimum absolute atomic E-state index is 0.0960. The summed E-state index contributed by atoms with van der Waals surface area (Å²) in [7, 11) is 0. The lowest BCUT2D eigenvalue weighted by Crippen LogP contribution is -2.28. The molecule has 2 aromatic rings. The van der Waals surface area contributed by atoms with Crippen LogP contribution in [-0.2, 0) is 16.7 Å². The molecule has 0 bridgehead atoms. The van der Waals surface area contributed by atoms with Gasteiger partial charge in [0.1, 0.15) is 6.10 Å². The highest BCUT2D eigenvalue weighted by Crippen LogP contribution is 2.23. The van der Waals surface area contributed by atoms with Crippen molar-refractivity contribution in [2.24, 2.45) is 0 Å². The van der Waals surface area contributed by atoms with E-state index in [1.807, 2.05) is 24.3 Å². The molecule has 2 aromatic carbocycles. The van der Waals surface area contributed by atoms with Gasteiger partial charge in [-0.15, -0.1) is 0 Å². The highest BCUT2D eigenvalue weighted by Gasteiger charge is 2.36. The molecule has 11 heteroatoms. The maximum atomic E-state index is 12.1. The standard InChI is InChI=1S/C10H10ClF3O.C7H6BrCl.C3H5F3O/c1-7(10(12,13)14)15-6-8-3-2-4-9(11)5-8;8-5-6-2-1-3-7(9)4-6;1-2(7)3(4,5)6/h2-5,7H,6H2,1H3;1-4H,5H2;2,7H,1H3/t7-;;2-/m1.1/s1. The summed E-state index contributed by atoms with van der Waals surface area (Å²) in [5, 5.41) is 9.91. The van der Waals surface area contributed by atoms with Crippen molar-refractivity contribution in [1.82, 2.24) is 0 Å². The minimum atomic E-state index is -4.44. The number of ether oxygens (including phenoxy) is 1. The molecule has 0 fully saturated rings. The van der Waals surface area contributed by atoms with E-state index < -0.39 is 24.6 Å². The Bertz CT molecular complexity index is 770. The maximum Gasteiger partial charge on any atom is 0.414 e. The maximum absolute atomic E-state index is 12.1. The molecule has 0 aliphatic rings. The molecular weight excluding hydrogens is 537 g/mol. The second-order valence-corrected chi connectivity index (χ2v) is 7.54. The molecule has 2 rings (SSSR count). The summed E-state index contributed by atoms with van der Waals surface area (Å²) in [6.45, 7) is 1.56. The monoisotopic (exact) mass is 556 g/mol. The average molecular weight is 558 g/mol. The molecule has 2 atom stereocenters. The molecule has 0 heterocycles. The van der Waals surface area contributed by atoms with Gasteiger partial charge in [0, 0.05) is 15.4 Å². The summed E-state index contributed by atoms with van der Waals surface area (Å²) in [5.41, 5.74) is 1.83. The van der Waals surface area contributed by atoms with E-state index in [1.54, 1.807) is 24.3 Å². The van der Waals surface area contributed by atoms with Gasteiger partial charge in [0.05, 0.1) is 6.61 Å². The minimum Gasteiger partial charge on any atom is -0.384 e. The van der Waals surface area contributed by atoms with Crippen molar-refractivity contribution in [3.05, 3.63) is 69.7 Å². The van der Waals surface area contributed by atoms with Crippen LogP contribution in [0.25, 0.3) is 0 Å². The van der Waals surface area contributed by atoms with Gasteiger partial charge in [-0.1, -0.05) is 63.4 Å². The fourth-order valence-corrected chi connectivity index (χ4v) is 2.34. The fraction of sp³-hybridized carbons (Fsp3) is 0.400. The van der Waals surface area contributed by atoms with Crippen LogP contribution in [0, 0.1) is 0 Å². The second kappa shape index (κ2) is 14.2. The van der Waals surface area contributed by atoms with Crippen molar-refractivity contribution >= 4 is 39.1 Å². The Labute approximate surface area is 195 Å². The highest BCUT2D eigenvalue weighted by molar-refractivity contribution is 9.08. The smallest absolute Gasteiger partial charge is 0.384 e. The van der Waals surface area contributed by atoms with Gasteiger partial charge in [-0.2, -0.15) is 26.3 Å². The first-order valence-corrected chi connectivity index (χ1v) is 10.5. The number of aliphatic hydroxyl groups is 1. The number of rotatable bonds is 4. The van der Waals surface area contributed by atoms with E-state index in [0.29, 0.717) is 17.5 Å². The molecule has 0 unspecified atom stereocenters. The normalized spacial score (nSPS) is 13.3. The van der Waals surface area contributed by atoms with Crippen molar-refractivity contribution < 1.29 is 36.2 Å². The average Bonchev–Trinajstić information content (AvgIpc) is 2.65. The molecule has 0 spiro atoms. The fourth-order valence-electron chi connectivity index (χ4n) is 1.56. The number of aliphatic hydroxyl groups excluding tert-OH is 1. The molecular formula is C20H21BrCl2F6O2. The summed E-state index contributed by atoms with van der Waals surface area (Å²) < 4.78 is 73.7. The zero-order chi connectivity index (χ0) is 24.2. The predicted molar refractivity (Wildman–Crippen MR) is 114 cm³/mol. The first kappa shape index (κ1) is 30.0. The molecule has 1 N–H and O–H groups in total. The molecule has 0 aliphatic carbocycles. The molecule has 0 aliphatic heterocycles. The molecule has 0 aromatic heterocycles. The van der Waals surface area contributed by atoms with E-state index in [4.69, 9.17) is 28.3 Å². The van der Waals surface area contributed by atoms with Crippen molar-refractivity contribution in [1.29, 1.82) is 0 Å². The lowest BCUT2D eigenvalue weighted by atomic mass is 10.2. The molecule has 31 heavy (non-hydrogen) atoms. The predicted octanol–water partition coefficient (Wildman–Crippen LogP) is 7.97. The van der Waals surface area contributed by atoms with Crippen LogP contribution >= 0.6 is 39.1 Å². The summed E-state index contributed by atoms with van der Waals surface area (Å²) in [5.74, 6) is 0. The van der Waals surface area contributed by atoms with Gasteiger partial charge in [0.15, 0.2) is 6.10 Å². The Hall–Kier alpha value is -1.00. The number of halogens is 9. The van der Waals surface area contributed by atoms with E-state index in [9.17, 15) is 26.3 Å². The lowest BCUT2D eigenvalue weighted by Gasteiger charge is -2.16. The van der Waals surface area contributed by atoms with Crippen LogP contribution in [0.3, 0.4) is 0 Å². The van der Waals surface area contributed by atoms with E-state index in [1.165, 1.54) is 5.56 Å². The van der Waals surface area contributed by atoms with Gasteiger partial charge < -0.3 is 9.84 Å². The van der Waals surface area contributed by atoms with E-state index in [2.05, 4.69) is 20.7 Å². The largest absolute Gasteiger partial charge is 0.414 e. The Kier molecular flexibility index (Phi) is 13.8. The van der Waals surface area contributed by atoms with Crippen LogP contribution in [0.4, 0.5) is 26.3 Å². The zero-order valence-corrected chi connectivity index (χ0v) is 19.5. The third kappa shape index (κ3) is 14.6. The summed E-state index contributed by atoms with van der Waals surface area (Å²) in [6, 6.07) is 14.3. The second-order valence-electron chi connectivity index (χ2n) is 6.11. The summed E-state index contributed by atoms with van der Waals surface area (Å²) in [6.07, 6.45) is -12.7. The van der Waals surface area contributed by atoms with Gasteiger partial charge in [-0.05, 0) is 49.2 Å². The van der Waals surface area contributed by atoms with Crippen molar-refractivity contribution in [3.63, 3.8) is 0 Å². The number of hydrogen-bond donors (Lipinski definition) is 1. The first-order chi connectivity index (χ1) is 14.2. The Balaban J connectivity index is 0.000000479.